The van der Waals surface area contributed by atoms with Crippen LogP contribution in [0.4, 0.5) is 5.82 Å². The Labute approximate surface area is 124 Å². The normalized spacial score (nSPS) is 26.4. The first kappa shape index (κ1) is 13.7. The number of aromatic nitrogens is 1. The molecule has 1 saturated carbocycles. The number of ether oxygens (including phenoxy) is 1. The molecule has 0 spiro atoms. The molecule has 1 saturated heterocycles. The number of rotatable bonds is 3. The molecule has 1 aliphatic heterocycles. The Morgan fingerprint density at radius 2 is 2.10 bits per heavy atom. The van der Waals surface area contributed by atoms with E-state index in [-0.39, 0.29) is 18.0 Å². The van der Waals surface area contributed by atoms with Crippen LogP contribution in [0, 0.1) is 11.8 Å². The predicted molar refractivity (Wildman–Crippen MR) is 77.8 cm³/mol. The smallest absolute Gasteiger partial charge is 0.309 e. The molecule has 2 heterocycles. The average Bonchev–Trinajstić information content (AvgIpc) is 3.18. The second kappa shape index (κ2) is 5.60. The van der Waals surface area contributed by atoms with Gasteiger partial charge in [-0.15, -0.1) is 0 Å². The zero-order valence-corrected chi connectivity index (χ0v) is 12.3. The number of halogens is 1. The van der Waals surface area contributed by atoms with Crippen LogP contribution in [-0.4, -0.2) is 30.1 Å². The number of piperidine rings is 1. The molecule has 0 aromatic carbocycles. The van der Waals surface area contributed by atoms with Gasteiger partial charge in [0.25, 0.3) is 0 Å². The van der Waals surface area contributed by atoms with E-state index in [1.54, 1.807) is 6.20 Å². The highest BCUT2D eigenvalue weighted by atomic mass is 35.5. The summed E-state index contributed by atoms with van der Waals surface area (Å²) in [7, 11) is 0. The van der Waals surface area contributed by atoms with E-state index in [4.69, 9.17) is 16.3 Å². The van der Waals surface area contributed by atoms with Crippen molar-refractivity contribution in [3.63, 3.8) is 0 Å². The quantitative estimate of drug-likeness (QED) is 0.804. The molecule has 2 fully saturated rings. The minimum atomic E-state index is 0.000526. The molecule has 108 valence electrons. The maximum atomic E-state index is 11.8. The molecule has 1 aromatic heterocycles. The summed E-state index contributed by atoms with van der Waals surface area (Å²) in [5, 5.41) is 0.649. The molecule has 20 heavy (non-hydrogen) atoms. The highest BCUT2D eigenvalue weighted by Crippen LogP contribution is 2.39. The number of carbonyl (C=O) groups excluding carboxylic acids is 1. The fourth-order valence-electron chi connectivity index (χ4n) is 2.66. The molecule has 0 amide bonds. The molecule has 0 radical (unpaired) electrons. The van der Waals surface area contributed by atoms with Crippen molar-refractivity contribution in [1.82, 2.24) is 4.98 Å². The second-order valence-electron chi connectivity index (χ2n) is 5.78. The van der Waals surface area contributed by atoms with E-state index < -0.39 is 0 Å². The van der Waals surface area contributed by atoms with Crippen molar-refractivity contribution in [3.8, 4) is 0 Å². The van der Waals surface area contributed by atoms with E-state index in [9.17, 15) is 4.79 Å². The first-order valence-electron chi connectivity index (χ1n) is 7.20. The van der Waals surface area contributed by atoms with Crippen molar-refractivity contribution < 1.29 is 9.53 Å². The molecule has 4 nitrogen and oxygen atoms in total. The molecular formula is C15H19ClN2O2. The number of carbonyl (C=O) groups is 1. The SMILES string of the molecule is C[C@@H]1C[C@@H]1C(=O)OC1CCN(c2ccc(Cl)cn2)CC1. The van der Waals surface area contributed by atoms with Gasteiger partial charge in [-0.1, -0.05) is 18.5 Å². The lowest BCUT2D eigenvalue weighted by Gasteiger charge is -2.32. The fourth-order valence-corrected chi connectivity index (χ4v) is 2.77. The zero-order valence-electron chi connectivity index (χ0n) is 11.6. The molecule has 1 aromatic rings. The fraction of sp³-hybridized carbons (Fsp3) is 0.600. The van der Waals surface area contributed by atoms with E-state index in [1.165, 1.54) is 0 Å². The average molecular weight is 295 g/mol. The first-order valence-corrected chi connectivity index (χ1v) is 7.58. The van der Waals surface area contributed by atoms with Crippen LogP contribution in [0.3, 0.4) is 0 Å². The minimum absolute atomic E-state index is 0.000526. The van der Waals surface area contributed by atoms with Crippen LogP contribution in [-0.2, 0) is 9.53 Å². The molecular weight excluding hydrogens is 276 g/mol. The lowest BCUT2D eigenvalue weighted by atomic mass is 10.1. The minimum Gasteiger partial charge on any atom is -0.462 e. The van der Waals surface area contributed by atoms with Gasteiger partial charge >= 0.3 is 5.97 Å². The van der Waals surface area contributed by atoms with Gasteiger partial charge < -0.3 is 9.64 Å². The third-order valence-corrected chi connectivity index (χ3v) is 4.40. The van der Waals surface area contributed by atoms with E-state index in [0.717, 1.165) is 38.2 Å². The molecule has 0 N–H and O–H groups in total. The number of anilines is 1. The second-order valence-corrected chi connectivity index (χ2v) is 6.21. The van der Waals surface area contributed by atoms with Crippen molar-refractivity contribution in [2.75, 3.05) is 18.0 Å². The van der Waals surface area contributed by atoms with Crippen molar-refractivity contribution >= 4 is 23.4 Å². The van der Waals surface area contributed by atoms with Crippen LogP contribution in [0.5, 0.6) is 0 Å². The summed E-state index contributed by atoms with van der Waals surface area (Å²) >= 11 is 5.84. The number of esters is 1. The number of hydrogen-bond donors (Lipinski definition) is 0. The number of pyridine rings is 1. The van der Waals surface area contributed by atoms with Gasteiger partial charge in [0.2, 0.25) is 0 Å². The van der Waals surface area contributed by atoms with Gasteiger partial charge in [0, 0.05) is 32.1 Å². The molecule has 3 rings (SSSR count). The topological polar surface area (TPSA) is 42.4 Å². The van der Waals surface area contributed by atoms with Crippen molar-refractivity contribution in [3.05, 3.63) is 23.4 Å². The summed E-state index contributed by atoms with van der Waals surface area (Å²) in [6, 6.07) is 3.78. The van der Waals surface area contributed by atoms with Crippen LogP contribution >= 0.6 is 11.6 Å². The van der Waals surface area contributed by atoms with E-state index >= 15 is 0 Å². The monoisotopic (exact) mass is 294 g/mol. The van der Waals surface area contributed by atoms with E-state index in [0.29, 0.717) is 10.9 Å². The maximum Gasteiger partial charge on any atom is 0.309 e. The Hall–Kier alpha value is -1.29. The predicted octanol–water partition coefficient (Wildman–Crippen LogP) is 2.90. The lowest BCUT2D eigenvalue weighted by molar-refractivity contribution is -0.151. The Morgan fingerprint density at radius 3 is 2.65 bits per heavy atom. The Balaban J connectivity index is 1.49. The summed E-state index contributed by atoms with van der Waals surface area (Å²) in [5.41, 5.74) is 0. The van der Waals surface area contributed by atoms with E-state index in [2.05, 4.69) is 16.8 Å². The number of hydrogen-bond acceptors (Lipinski definition) is 4. The molecule has 5 heteroatoms. The zero-order chi connectivity index (χ0) is 14.1. The van der Waals surface area contributed by atoms with Gasteiger partial charge in [0.05, 0.1) is 10.9 Å². The summed E-state index contributed by atoms with van der Waals surface area (Å²) in [6.45, 7) is 3.83. The van der Waals surface area contributed by atoms with Crippen molar-refractivity contribution in [2.45, 2.75) is 32.3 Å². The Bertz CT molecular complexity index is 483. The summed E-state index contributed by atoms with van der Waals surface area (Å²) in [5.74, 6) is 1.61. The van der Waals surface area contributed by atoms with Gasteiger partial charge in [-0.25, -0.2) is 4.98 Å². The summed E-state index contributed by atoms with van der Waals surface area (Å²) in [6.07, 6.45) is 4.47. The van der Waals surface area contributed by atoms with Crippen LogP contribution < -0.4 is 4.90 Å². The standard InChI is InChI=1S/C15H19ClN2O2/c1-10-8-13(10)15(19)20-12-4-6-18(7-5-12)14-3-2-11(16)9-17-14/h2-3,9-10,12-13H,4-8H2,1H3/t10-,13+/m1/s1. The highest BCUT2D eigenvalue weighted by Gasteiger charge is 2.41. The molecule has 2 atom stereocenters. The molecule has 2 aliphatic rings. The van der Waals surface area contributed by atoms with E-state index in [1.807, 2.05) is 12.1 Å². The van der Waals surface area contributed by atoms with Crippen molar-refractivity contribution in [2.24, 2.45) is 11.8 Å². The molecule has 1 aliphatic carbocycles. The van der Waals surface area contributed by atoms with Crippen molar-refractivity contribution in [1.29, 1.82) is 0 Å². The van der Waals surface area contributed by atoms with Gasteiger partial charge in [0.15, 0.2) is 0 Å². The maximum absolute atomic E-state index is 11.8. The largest absolute Gasteiger partial charge is 0.462 e. The van der Waals surface area contributed by atoms with Crippen LogP contribution in [0.2, 0.25) is 5.02 Å². The van der Waals surface area contributed by atoms with Crippen LogP contribution in [0.1, 0.15) is 26.2 Å². The van der Waals surface area contributed by atoms with Gasteiger partial charge in [-0.2, -0.15) is 0 Å². The number of nitrogens with zero attached hydrogens (tertiary/aromatic N) is 2. The third kappa shape index (κ3) is 3.06. The van der Waals surface area contributed by atoms with Crippen LogP contribution in [0.15, 0.2) is 18.3 Å². The third-order valence-electron chi connectivity index (χ3n) is 4.17. The molecule has 0 unspecified atom stereocenters. The summed E-state index contributed by atoms with van der Waals surface area (Å²) in [4.78, 5) is 18.3. The molecule has 0 bridgehead atoms. The Morgan fingerprint density at radius 1 is 1.40 bits per heavy atom. The lowest BCUT2D eigenvalue weighted by Crippen LogP contribution is -2.38. The van der Waals surface area contributed by atoms with Gasteiger partial charge in [0.1, 0.15) is 11.9 Å². The summed E-state index contributed by atoms with van der Waals surface area (Å²) < 4.78 is 5.58. The van der Waals surface area contributed by atoms with Gasteiger partial charge in [-0.3, -0.25) is 4.79 Å². The van der Waals surface area contributed by atoms with Crippen LogP contribution in [0.25, 0.3) is 0 Å². The highest BCUT2D eigenvalue weighted by molar-refractivity contribution is 6.30. The van der Waals surface area contributed by atoms with Gasteiger partial charge in [-0.05, 0) is 24.5 Å². The Kier molecular flexibility index (Phi) is 3.83. The first-order chi connectivity index (χ1) is 9.63.